The van der Waals surface area contributed by atoms with E-state index in [-0.39, 0.29) is 5.78 Å². The number of hydrogen-bond acceptors (Lipinski definition) is 5. The highest BCUT2D eigenvalue weighted by Crippen LogP contribution is 2.32. The zero-order chi connectivity index (χ0) is 14.3. The van der Waals surface area contributed by atoms with Crippen LogP contribution in [0.4, 0.5) is 0 Å². The molecule has 0 bridgehead atoms. The molecule has 0 amide bonds. The molecule has 1 aromatic heterocycles. The number of thiophene rings is 1. The van der Waals surface area contributed by atoms with E-state index in [0.717, 1.165) is 7.57 Å². The Morgan fingerprint density at radius 1 is 1.53 bits per heavy atom. The predicted molar refractivity (Wildman–Crippen MR) is 82.6 cm³/mol. The summed E-state index contributed by atoms with van der Waals surface area (Å²) in [5, 5.41) is 8.63. The number of nitrogens with zero attached hydrogens (tertiary/aromatic N) is 2. The van der Waals surface area contributed by atoms with Crippen molar-refractivity contribution in [2.45, 2.75) is 6.42 Å². The van der Waals surface area contributed by atoms with Gasteiger partial charge in [0.05, 0.1) is 26.8 Å². The van der Waals surface area contributed by atoms with Gasteiger partial charge < -0.3 is 4.74 Å². The number of halogens is 2. The van der Waals surface area contributed by atoms with Gasteiger partial charge in [-0.15, -0.1) is 11.3 Å². The monoisotopic (exact) mass is 408 g/mol. The van der Waals surface area contributed by atoms with E-state index < -0.39 is 0 Å². The summed E-state index contributed by atoms with van der Waals surface area (Å²) < 4.78 is 6.77. The van der Waals surface area contributed by atoms with Gasteiger partial charge in [-0.3, -0.25) is 9.69 Å². The van der Waals surface area contributed by atoms with Crippen LogP contribution in [0.15, 0.2) is 13.6 Å². The van der Waals surface area contributed by atoms with Crippen LogP contribution < -0.4 is 0 Å². The normalized spacial score (nSPS) is 10.7. The Hall–Kier alpha value is -0.260. The minimum absolute atomic E-state index is 0.0443. The number of methoxy groups -OCH3 is 1. The zero-order valence-electron chi connectivity index (χ0n) is 10.5. The Kier molecular flexibility index (Phi) is 7.80. The van der Waals surface area contributed by atoms with Crippen LogP contribution >= 0.6 is 43.2 Å². The maximum Gasteiger partial charge on any atom is 0.178 e. The summed E-state index contributed by atoms with van der Waals surface area (Å²) in [6, 6.07) is 3.91. The van der Waals surface area contributed by atoms with Crippen LogP contribution in [0.1, 0.15) is 16.8 Å². The van der Waals surface area contributed by atoms with Gasteiger partial charge in [0.15, 0.2) is 5.78 Å². The van der Waals surface area contributed by atoms with Crippen LogP contribution in [0.25, 0.3) is 0 Å². The number of Topliss-reactive ketones (excluding diaryl/α,β-unsaturated/α-hetero) is 1. The first-order valence-electron chi connectivity index (χ1n) is 5.64. The molecule has 0 saturated carbocycles. The molecule has 0 aliphatic carbocycles. The molecule has 0 radical (unpaired) electrons. The summed E-state index contributed by atoms with van der Waals surface area (Å²) in [5.41, 5.74) is 0.677. The molecule has 0 atom stereocenters. The fraction of sp³-hybridized carbons (Fsp3) is 0.500. The molecule has 1 aromatic rings. The molecule has 1 rings (SSSR count). The first-order valence-corrected chi connectivity index (χ1v) is 8.05. The van der Waals surface area contributed by atoms with E-state index in [2.05, 4.69) is 37.9 Å². The average molecular weight is 410 g/mol. The molecule has 0 aliphatic heterocycles. The number of hydrogen-bond donors (Lipinski definition) is 0. The second kappa shape index (κ2) is 8.82. The molecule has 0 unspecified atom stereocenters. The van der Waals surface area contributed by atoms with Crippen molar-refractivity contribution in [3.63, 3.8) is 0 Å². The van der Waals surface area contributed by atoms with E-state index in [1.807, 2.05) is 11.0 Å². The van der Waals surface area contributed by atoms with Gasteiger partial charge in [-0.2, -0.15) is 5.26 Å². The van der Waals surface area contributed by atoms with Gasteiger partial charge in [0.1, 0.15) is 0 Å². The maximum absolute atomic E-state index is 12.2. The van der Waals surface area contributed by atoms with E-state index in [1.54, 1.807) is 7.11 Å². The third-order valence-corrected chi connectivity index (χ3v) is 4.82. The molecule has 0 fully saturated rings. The lowest BCUT2D eigenvalue weighted by atomic mass is 10.2. The summed E-state index contributed by atoms with van der Waals surface area (Å²) in [6.07, 6.45) is 0.408. The lowest BCUT2D eigenvalue weighted by Gasteiger charge is -2.19. The minimum atomic E-state index is 0.0443. The van der Waals surface area contributed by atoms with Crippen molar-refractivity contribution in [2.75, 3.05) is 33.4 Å². The van der Waals surface area contributed by atoms with Crippen molar-refractivity contribution >= 4 is 49.0 Å². The second-order valence-corrected chi connectivity index (χ2v) is 7.59. The SMILES string of the molecule is COCCN(CCC#N)CC(=O)c1cc(Br)sc1Br. The van der Waals surface area contributed by atoms with Crippen molar-refractivity contribution < 1.29 is 9.53 Å². The topological polar surface area (TPSA) is 53.3 Å². The number of rotatable bonds is 8. The fourth-order valence-electron chi connectivity index (χ4n) is 1.52. The number of nitriles is 1. The largest absolute Gasteiger partial charge is 0.383 e. The Bertz CT molecular complexity index is 471. The standard InChI is InChI=1S/C12H14Br2N2O2S/c1-18-6-5-16(4-2-3-15)8-10(17)9-7-11(13)19-12(9)14/h7H,2,4-6,8H2,1H3. The molecule has 0 aliphatic rings. The summed E-state index contributed by atoms with van der Waals surface area (Å²) >= 11 is 8.22. The molecule has 1 heterocycles. The average Bonchev–Trinajstić information content (AvgIpc) is 2.71. The highest BCUT2D eigenvalue weighted by atomic mass is 79.9. The van der Waals surface area contributed by atoms with E-state index in [0.29, 0.717) is 38.2 Å². The number of carbonyl (C=O) groups is 1. The third kappa shape index (κ3) is 5.71. The van der Waals surface area contributed by atoms with Crippen molar-refractivity contribution in [2.24, 2.45) is 0 Å². The first kappa shape index (κ1) is 16.8. The Morgan fingerprint density at radius 3 is 2.79 bits per heavy atom. The van der Waals surface area contributed by atoms with Crippen molar-refractivity contribution in [3.05, 3.63) is 19.2 Å². The van der Waals surface area contributed by atoms with Crippen LogP contribution in [0.3, 0.4) is 0 Å². The molecule has 0 N–H and O–H groups in total. The minimum Gasteiger partial charge on any atom is -0.383 e. The molecule has 0 saturated heterocycles. The van der Waals surface area contributed by atoms with Gasteiger partial charge in [-0.05, 0) is 37.9 Å². The third-order valence-electron chi connectivity index (χ3n) is 2.48. The molecule has 104 valence electrons. The van der Waals surface area contributed by atoms with Crippen molar-refractivity contribution in [1.82, 2.24) is 4.90 Å². The molecular weight excluding hydrogens is 396 g/mol. The van der Waals surface area contributed by atoms with Crippen LogP contribution in [-0.4, -0.2) is 44.0 Å². The number of carbonyl (C=O) groups excluding carboxylic acids is 1. The second-order valence-electron chi connectivity index (χ2n) is 3.84. The van der Waals surface area contributed by atoms with E-state index in [1.165, 1.54) is 11.3 Å². The molecule has 19 heavy (non-hydrogen) atoms. The van der Waals surface area contributed by atoms with E-state index >= 15 is 0 Å². The molecular formula is C12H14Br2N2O2S. The quantitative estimate of drug-likeness (QED) is 0.618. The Morgan fingerprint density at radius 2 is 2.26 bits per heavy atom. The van der Waals surface area contributed by atoms with Gasteiger partial charge in [0, 0.05) is 32.2 Å². The van der Waals surface area contributed by atoms with E-state index in [9.17, 15) is 4.79 Å². The molecule has 4 nitrogen and oxygen atoms in total. The first-order chi connectivity index (χ1) is 9.08. The van der Waals surface area contributed by atoms with E-state index in [4.69, 9.17) is 10.00 Å². The van der Waals surface area contributed by atoms with Gasteiger partial charge in [0.2, 0.25) is 0 Å². The number of ketones is 1. The van der Waals surface area contributed by atoms with Crippen molar-refractivity contribution in [1.29, 1.82) is 5.26 Å². The van der Waals surface area contributed by atoms with Crippen LogP contribution in [0.2, 0.25) is 0 Å². The summed E-state index contributed by atoms with van der Waals surface area (Å²) in [4.78, 5) is 14.1. The Labute approximate surface area is 133 Å². The maximum atomic E-state index is 12.2. The van der Waals surface area contributed by atoms with Gasteiger partial charge in [0.25, 0.3) is 0 Å². The fourth-order valence-corrected chi connectivity index (χ4v) is 4.37. The van der Waals surface area contributed by atoms with Crippen molar-refractivity contribution in [3.8, 4) is 6.07 Å². The van der Waals surface area contributed by atoms with Gasteiger partial charge in [-0.1, -0.05) is 0 Å². The van der Waals surface area contributed by atoms with Crippen LogP contribution in [0, 0.1) is 11.3 Å². The highest BCUT2D eigenvalue weighted by Gasteiger charge is 2.17. The molecule has 0 spiro atoms. The summed E-state index contributed by atoms with van der Waals surface area (Å²) in [7, 11) is 1.62. The molecule has 0 aromatic carbocycles. The van der Waals surface area contributed by atoms with Gasteiger partial charge in [-0.25, -0.2) is 0 Å². The van der Waals surface area contributed by atoms with Gasteiger partial charge >= 0.3 is 0 Å². The summed E-state index contributed by atoms with van der Waals surface area (Å²) in [5.74, 6) is 0.0443. The highest BCUT2D eigenvalue weighted by molar-refractivity contribution is 9.12. The van der Waals surface area contributed by atoms with Crippen LogP contribution in [-0.2, 0) is 4.74 Å². The Balaban J connectivity index is 2.64. The lowest BCUT2D eigenvalue weighted by Crippen LogP contribution is -2.33. The molecule has 7 heteroatoms. The van der Waals surface area contributed by atoms with Crippen LogP contribution in [0.5, 0.6) is 0 Å². The lowest BCUT2D eigenvalue weighted by molar-refractivity contribution is 0.0898. The smallest absolute Gasteiger partial charge is 0.178 e. The number of ether oxygens (including phenoxy) is 1. The summed E-state index contributed by atoms with van der Waals surface area (Å²) in [6.45, 7) is 2.07. The predicted octanol–water partition coefficient (Wildman–Crippen LogP) is 3.32. The zero-order valence-corrected chi connectivity index (χ0v) is 14.5.